The van der Waals surface area contributed by atoms with Gasteiger partial charge < -0.3 is 42.5 Å². The van der Waals surface area contributed by atoms with Crippen molar-refractivity contribution < 1.29 is 24.3 Å². The first-order valence-electron chi connectivity index (χ1n) is 15.8. The molecule has 0 aliphatic rings. The van der Waals surface area contributed by atoms with Gasteiger partial charge in [-0.25, -0.2) is 4.79 Å². The Morgan fingerprint density at radius 2 is 1.35 bits per heavy atom. The smallest absolute Gasteiger partial charge is 0.326 e. The van der Waals surface area contributed by atoms with E-state index in [0.29, 0.717) is 25.8 Å². The van der Waals surface area contributed by atoms with Gasteiger partial charge >= 0.3 is 5.97 Å². The van der Waals surface area contributed by atoms with Crippen molar-refractivity contribution >= 4 is 45.5 Å². The van der Waals surface area contributed by atoms with Crippen molar-refractivity contribution in [3.63, 3.8) is 0 Å². The third-order valence-corrected chi connectivity index (χ3v) is 8.54. The number of nitrogens with one attached hydrogen (secondary N) is 5. The predicted molar refractivity (Wildman–Crippen MR) is 178 cm³/mol. The van der Waals surface area contributed by atoms with Crippen LogP contribution < -0.4 is 27.4 Å². The van der Waals surface area contributed by atoms with Crippen LogP contribution in [-0.2, 0) is 32.0 Å². The number of para-hydroxylation sites is 2. The van der Waals surface area contributed by atoms with Crippen molar-refractivity contribution in [2.24, 2.45) is 17.4 Å². The summed E-state index contributed by atoms with van der Waals surface area (Å²) in [7, 11) is 0. The molecular formula is C34H45N7O5. The summed E-state index contributed by atoms with van der Waals surface area (Å²) < 4.78 is 0. The van der Waals surface area contributed by atoms with Crippen LogP contribution >= 0.6 is 0 Å². The monoisotopic (exact) mass is 631 g/mol. The standard InChI is InChI=1S/C34H45N7O5/c1-3-20(2)30(41-31(42)25(36)16-21-18-37-26-12-6-4-10-23(21)26)33(44)39-28(14-8-9-15-35)32(43)40-29(34(45)46)17-22-19-38-27-13-7-5-11-24(22)27/h4-7,10-13,18-20,25,28-30,37-38H,3,8-9,14-17,35-36H2,1-2H3,(H,39,44)(H,40,43)(H,41,42)(H,45,46). The predicted octanol–water partition coefficient (Wildman–Crippen LogP) is 2.48. The molecule has 0 saturated carbocycles. The summed E-state index contributed by atoms with van der Waals surface area (Å²) in [6.07, 6.45) is 5.84. The molecular weight excluding hydrogens is 586 g/mol. The average molecular weight is 632 g/mol. The van der Waals surface area contributed by atoms with E-state index in [2.05, 4.69) is 25.9 Å². The number of nitrogens with two attached hydrogens (primary N) is 2. The Hall–Kier alpha value is -4.68. The second-order valence-electron chi connectivity index (χ2n) is 11.9. The molecule has 0 spiro atoms. The van der Waals surface area contributed by atoms with Gasteiger partial charge in [-0.05, 0) is 61.4 Å². The topological polar surface area (TPSA) is 208 Å². The number of aliphatic carboxylic acids is 1. The summed E-state index contributed by atoms with van der Waals surface area (Å²) >= 11 is 0. The molecule has 2 heterocycles. The molecule has 4 rings (SSSR count). The van der Waals surface area contributed by atoms with Gasteiger partial charge in [-0.15, -0.1) is 0 Å². The highest BCUT2D eigenvalue weighted by atomic mass is 16.4. The Labute approximate surface area is 268 Å². The summed E-state index contributed by atoms with van der Waals surface area (Å²) in [6.45, 7) is 4.14. The van der Waals surface area contributed by atoms with Crippen LogP contribution in [0.1, 0.15) is 50.7 Å². The van der Waals surface area contributed by atoms with E-state index < -0.39 is 47.9 Å². The number of hydrogen-bond donors (Lipinski definition) is 8. The normalized spacial score (nSPS) is 14.7. The molecule has 246 valence electrons. The van der Waals surface area contributed by atoms with Crippen LogP contribution in [0.4, 0.5) is 0 Å². The number of aromatic nitrogens is 2. The minimum absolute atomic E-state index is 0.0500. The lowest BCUT2D eigenvalue weighted by atomic mass is 9.96. The van der Waals surface area contributed by atoms with E-state index in [0.717, 1.165) is 32.9 Å². The van der Waals surface area contributed by atoms with Gasteiger partial charge in [-0.3, -0.25) is 14.4 Å². The highest BCUT2D eigenvalue weighted by Gasteiger charge is 2.32. The van der Waals surface area contributed by atoms with Gasteiger partial charge in [0.1, 0.15) is 18.1 Å². The zero-order valence-electron chi connectivity index (χ0n) is 26.3. The fourth-order valence-corrected chi connectivity index (χ4v) is 5.61. The Balaban J connectivity index is 1.45. The maximum atomic E-state index is 13.7. The number of carboxylic acid groups (broad SMARTS) is 1. The molecule has 0 bridgehead atoms. The molecule has 10 N–H and O–H groups in total. The van der Waals surface area contributed by atoms with E-state index in [1.807, 2.05) is 68.6 Å². The van der Waals surface area contributed by atoms with Crippen molar-refractivity contribution in [3.05, 3.63) is 72.1 Å². The molecule has 0 fully saturated rings. The minimum Gasteiger partial charge on any atom is -0.480 e. The van der Waals surface area contributed by atoms with Gasteiger partial charge in [0, 0.05) is 40.6 Å². The fraction of sp³-hybridized carbons (Fsp3) is 0.412. The van der Waals surface area contributed by atoms with Gasteiger partial charge in [0.25, 0.3) is 0 Å². The summed E-state index contributed by atoms with van der Waals surface area (Å²) in [5.41, 5.74) is 15.4. The molecule has 5 atom stereocenters. The quantitative estimate of drug-likeness (QED) is 0.0816. The number of hydrogen-bond acceptors (Lipinski definition) is 6. The van der Waals surface area contributed by atoms with Crippen molar-refractivity contribution in [2.75, 3.05) is 6.54 Å². The SMILES string of the molecule is CCC(C)C(NC(=O)C(N)Cc1c[nH]c2ccccc12)C(=O)NC(CCCCN)C(=O)NC(Cc1c[nH]c2ccccc12)C(=O)O. The van der Waals surface area contributed by atoms with Crippen LogP contribution in [0.15, 0.2) is 60.9 Å². The zero-order valence-corrected chi connectivity index (χ0v) is 26.3. The first-order valence-corrected chi connectivity index (χ1v) is 15.8. The van der Waals surface area contributed by atoms with Gasteiger partial charge in [-0.2, -0.15) is 0 Å². The molecule has 12 heteroatoms. The van der Waals surface area contributed by atoms with Crippen LogP contribution in [0.25, 0.3) is 21.8 Å². The van der Waals surface area contributed by atoms with E-state index in [9.17, 15) is 24.3 Å². The fourth-order valence-electron chi connectivity index (χ4n) is 5.61. The van der Waals surface area contributed by atoms with Crippen molar-refractivity contribution in [3.8, 4) is 0 Å². The molecule has 12 nitrogen and oxygen atoms in total. The molecule has 3 amide bonds. The largest absolute Gasteiger partial charge is 0.480 e. The number of rotatable bonds is 17. The molecule has 2 aromatic heterocycles. The molecule has 0 saturated heterocycles. The van der Waals surface area contributed by atoms with Gasteiger partial charge in [0.2, 0.25) is 17.7 Å². The minimum atomic E-state index is -1.23. The lowest BCUT2D eigenvalue weighted by Crippen LogP contribution is -2.59. The number of benzene rings is 2. The second-order valence-corrected chi connectivity index (χ2v) is 11.9. The number of carbonyl (C=O) groups excluding carboxylic acids is 3. The van der Waals surface area contributed by atoms with E-state index in [-0.39, 0.29) is 25.2 Å². The van der Waals surface area contributed by atoms with Crippen LogP contribution in [0.2, 0.25) is 0 Å². The summed E-state index contributed by atoms with van der Waals surface area (Å²) in [4.78, 5) is 59.0. The highest BCUT2D eigenvalue weighted by molar-refractivity contribution is 5.95. The van der Waals surface area contributed by atoms with Crippen LogP contribution in [0.5, 0.6) is 0 Å². The molecule has 0 radical (unpaired) electrons. The maximum Gasteiger partial charge on any atom is 0.326 e. The molecule has 5 unspecified atom stereocenters. The summed E-state index contributed by atoms with van der Waals surface area (Å²) in [5, 5.41) is 20.0. The number of fused-ring (bicyclic) bond motifs is 2. The zero-order chi connectivity index (χ0) is 33.2. The van der Waals surface area contributed by atoms with Crippen molar-refractivity contribution in [2.45, 2.75) is 76.5 Å². The Morgan fingerprint density at radius 3 is 1.91 bits per heavy atom. The number of unbranched alkanes of at least 4 members (excludes halogenated alkanes) is 1. The van der Waals surface area contributed by atoms with E-state index in [4.69, 9.17) is 11.5 Å². The van der Waals surface area contributed by atoms with Crippen LogP contribution in [-0.4, -0.2) is 69.5 Å². The number of amides is 3. The third kappa shape index (κ3) is 8.52. The Kier molecular flexibility index (Phi) is 11.9. The van der Waals surface area contributed by atoms with Crippen molar-refractivity contribution in [1.82, 2.24) is 25.9 Å². The van der Waals surface area contributed by atoms with Gasteiger partial charge in [0.15, 0.2) is 0 Å². The summed E-state index contributed by atoms with van der Waals surface area (Å²) in [6, 6.07) is 11.1. The lowest BCUT2D eigenvalue weighted by Gasteiger charge is -2.28. The van der Waals surface area contributed by atoms with E-state index >= 15 is 0 Å². The van der Waals surface area contributed by atoms with E-state index in [1.54, 1.807) is 6.20 Å². The molecule has 46 heavy (non-hydrogen) atoms. The number of carboxylic acids is 1. The average Bonchev–Trinajstić information content (AvgIpc) is 3.66. The Morgan fingerprint density at radius 1 is 0.783 bits per heavy atom. The van der Waals surface area contributed by atoms with Crippen LogP contribution in [0, 0.1) is 5.92 Å². The maximum absolute atomic E-state index is 13.7. The lowest BCUT2D eigenvalue weighted by molar-refractivity contribution is -0.142. The second kappa shape index (κ2) is 16.1. The molecule has 0 aliphatic heterocycles. The molecule has 4 aromatic rings. The summed E-state index contributed by atoms with van der Waals surface area (Å²) in [5.74, 6) is -3.12. The number of aromatic amines is 2. The number of H-pyrrole nitrogens is 2. The first kappa shape index (κ1) is 34.2. The highest BCUT2D eigenvalue weighted by Crippen LogP contribution is 2.20. The van der Waals surface area contributed by atoms with Gasteiger partial charge in [-0.1, -0.05) is 56.7 Å². The molecule has 2 aromatic carbocycles. The first-order chi connectivity index (χ1) is 22.1. The van der Waals surface area contributed by atoms with Gasteiger partial charge in [0.05, 0.1) is 6.04 Å². The van der Waals surface area contributed by atoms with E-state index in [1.165, 1.54) is 0 Å². The molecule has 0 aliphatic carbocycles. The van der Waals surface area contributed by atoms with Crippen molar-refractivity contribution in [1.29, 1.82) is 0 Å². The number of carbonyl (C=O) groups is 4. The Bertz CT molecular complexity index is 1650. The third-order valence-electron chi connectivity index (χ3n) is 8.54. The van der Waals surface area contributed by atoms with Crippen LogP contribution in [0.3, 0.4) is 0 Å².